The normalized spacial score (nSPS) is 11.4. The Morgan fingerprint density at radius 2 is 2.00 bits per heavy atom. The van der Waals surface area contributed by atoms with Crippen molar-refractivity contribution in [3.8, 4) is 0 Å². The first-order valence-electron chi connectivity index (χ1n) is 6.89. The van der Waals surface area contributed by atoms with E-state index in [1.165, 1.54) is 25.2 Å². The van der Waals surface area contributed by atoms with Crippen LogP contribution >= 0.6 is 11.6 Å². The number of amides is 1. The molecule has 1 rings (SSSR count). The highest BCUT2D eigenvalue weighted by atomic mass is 35.5. The van der Waals surface area contributed by atoms with Crippen molar-refractivity contribution in [1.29, 1.82) is 0 Å². The van der Waals surface area contributed by atoms with Crippen molar-refractivity contribution in [3.05, 3.63) is 28.8 Å². The molecule has 0 saturated heterocycles. The summed E-state index contributed by atoms with van der Waals surface area (Å²) in [6, 6.07) is 4.14. The Morgan fingerprint density at radius 3 is 2.52 bits per heavy atom. The molecule has 0 unspecified atom stereocenters. The molecule has 0 bridgehead atoms. The lowest BCUT2D eigenvalue weighted by Gasteiger charge is -2.21. The lowest BCUT2D eigenvalue weighted by Crippen LogP contribution is -2.32. The molecule has 0 spiro atoms. The Labute approximate surface area is 131 Å². The van der Waals surface area contributed by atoms with E-state index < -0.39 is 10.0 Å². The van der Waals surface area contributed by atoms with E-state index in [4.69, 9.17) is 11.6 Å². The second-order valence-corrected chi connectivity index (χ2v) is 6.88. The summed E-state index contributed by atoms with van der Waals surface area (Å²) in [6.45, 7) is 5.12. The molecule has 0 saturated carbocycles. The highest BCUT2D eigenvalue weighted by Gasteiger charge is 2.20. The summed E-state index contributed by atoms with van der Waals surface area (Å²) in [5.74, 6) is -0.246. The third-order valence-electron chi connectivity index (χ3n) is 3.20. The minimum absolute atomic E-state index is 0.0318. The molecule has 0 aliphatic rings. The molecule has 1 amide bonds. The summed E-state index contributed by atoms with van der Waals surface area (Å²) >= 11 is 6.06. The van der Waals surface area contributed by atoms with Gasteiger partial charge in [0.15, 0.2) is 0 Å². The molecule has 0 heterocycles. The van der Waals surface area contributed by atoms with Gasteiger partial charge < -0.3 is 4.90 Å². The van der Waals surface area contributed by atoms with E-state index in [1.54, 1.807) is 4.90 Å². The predicted molar refractivity (Wildman–Crippen MR) is 84.2 cm³/mol. The van der Waals surface area contributed by atoms with Gasteiger partial charge in [-0.2, -0.15) is 0 Å². The molecule has 1 aromatic rings. The van der Waals surface area contributed by atoms with Crippen LogP contribution in [0.3, 0.4) is 0 Å². The second kappa shape index (κ2) is 7.77. The smallest absolute Gasteiger partial charge is 0.255 e. The minimum atomic E-state index is -3.60. The Morgan fingerprint density at radius 1 is 1.33 bits per heavy atom. The van der Waals surface area contributed by atoms with Crippen LogP contribution in [0.1, 0.15) is 37.0 Å². The zero-order chi connectivity index (χ0) is 16.0. The van der Waals surface area contributed by atoms with Gasteiger partial charge in [0.25, 0.3) is 5.91 Å². The number of carbonyl (C=O) groups is 1. The number of sulfonamides is 1. The lowest BCUT2D eigenvalue weighted by atomic mass is 10.2. The summed E-state index contributed by atoms with van der Waals surface area (Å²) in [6.07, 6.45) is 1.87. The van der Waals surface area contributed by atoms with E-state index in [1.807, 2.05) is 13.8 Å². The Kier molecular flexibility index (Phi) is 6.64. The molecule has 0 radical (unpaired) electrons. The van der Waals surface area contributed by atoms with Gasteiger partial charge in [-0.25, -0.2) is 13.1 Å². The molecule has 118 valence electrons. The first-order chi connectivity index (χ1) is 9.87. The standard InChI is InChI=1S/C14H21ClN2O3S/c1-4-6-9-17(5-2)14(18)12-10-11(7-8-13(12)15)21(19,20)16-3/h7-8,10,16H,4-6,9H2,1-3H3. The van der Waals surface area contributed by atoms with Gasteiger partial charge in [0.05, 0.1) is 15.5 Å². The van der Waals surface area contributed by atoms with Crippen LogP contribution in [0.2, 0.25) is 5.02 Å². The monoisotopic (exact) mass is 332 g/mol. The van der Waals surface area contributed by atoms with Crippen molar-refractivity contribution in [3.63, 3.8) is 0 Å². The molecular weight excluding hydrogens is 312 g/mol. The summed E-state index contributed by atoms with van der Waals surface area (Å²) in [5.41, 5.74) is 0.214. The number of unbranched alkanes of at least 4 members (excludes halogenated alkanes) is 1. The van der Waals surface area contributed by atoms with E-state index in [-0.39, 0.29) is 21.4 Å². The van der Waals surface area contributed by atoms with Crippen LogP contribution in [0.4, 0.5) is 0 Å². The molecule has 0 aromatic heterocycles. The first kappa shape index (κ1) is 17.9. The molecule has 1 N–H and O–H groups in total. The Bertz CT molecular complexity index is 602. The summed E-state index contributed by atoms with van der Waals surface area (Å²) in [7, 11) is -2.28. The SMILES string of the molecule is CCCCN(CC)C(=O)c1cc(S(=O)(=O)NC)ccc1Cl. The molecule has 0 atom stereocenters. The molecular formula is C14H21ClN2O3S. The largest absolute Gasteiger partial charge is 0.339 e. The molecule has 0 aliphatic heterocycles. The van der Waals surface area contributed by atoms with Crippen LogP contribution in [-0.2, 0) is 10.0 Å². The first-order valence-corrected chi connectivity index (χ1v) is 8.75. The zero-order valence-corrected chi connectivity index (χ0v) is 14.1. The van der Waals surface area contributed by atoms with Crippen LogP contribution in [0.25, 0.3) is 0 Å². The molecule has 7 heteroatoms. The highest BCUT2D eigenvalue weighted by Crippen LogP contribution is 2.22. The Hall–Kier alpha value is -1.11. The van der Waals surface area contributed by atoms with Gasteiger partial charge in [-0.15, -0.1) is 0 Å². The van der Waals surface area contributed by atoms with Gasteiger partial charge in [-0.3, -0.25) is 4.79 Å². The van der Waals surface area contributed by atoms with Crippen LogP contribution < -0.4 is 4.72 Å². The van der Waals surface area contributed by atoms with Gasteiger partial charge in [0, 0.05) is 13.1 Å². The van der Waals surface area contributed by atoms with E-state index in [9.17, 15) is 13.2 Å². The second-order valence-electron chi connectivity index (χ2n) is 4.59. The highest BCUT2D eigenvalue weighted by molar-refractivity contribution is 7.89. The van der Waals surface area contributed by atoms with Gasteiger partial charge in [-0.1, -0.05) is 24.9 Å². The molecule has 0 fully saturated rings. The number of hydrogen-bond acceptors (Lipinski definition) is 3. The van der Waals surface area contributed by atoms with Gasteiger partial charge in [0.1, 0.15) is 0 Å². The maximum atomic E-state index is 12.5. The number of carbonyl (C=O) groups excluding carboxylic acids is 1. The van der Waals surface area contributed by atoms with Crippen LogP contribution in [0, 0.1) is 0 Å². The summed E-state index contributed by atoms with van der Waals surface area (Å²) < 4.78 is 25.9. The Balaban J connectivity index is 3.17. The number of rotatable bonds is 7. The molecule has 0 aliphatic carbocycles. The molecule has 21 heavy (non-hydrogen) atoms. The lowest BCUT2D eigenvalue weighted by molar-refractivity contribution is 0.0762. The van der Waals surface area contributed by atoms with E-state index in [0.29, 0.717) is 13.1 Å². The number of halogens is 1. The van der Waals surface area contributed by atoms with E-state index in [0.717, 1.165) is 12.8 Å². The predicted octanol–water partition coefficient (Wildman–Crippen LogP) is 2.51. The van der Waals surface area contributed by atoms with E-state index in [2.05, 4.69) is 4.72 Å². The average Bonchev–Trinajstić information content (AvgIpc) is 2.48. The van der Waals surface area contributed by atoms with Crippen molar-refractivity contribution in [2.24, 2.45) is 0 Å². The molecule has 5 nitrogen and oxygen atoms in total. The summed E-state index contributed by atoms with van der Waals surface area (Å²) in [4.78, 5) is 14.2. The van der Waals surface area contributed by atoms with Gasteiger partial charge >= 0.3 is 0 Å². The van der Waals surface area contributed by atoms with Crippen LogP contribution in [0.15, 0.2) is 23.1 Å². The fourth-order valence-corrected chi connectivity index (χ4v) is 2.83. The van der Waals surface area contributed by atoms with Crippen molar-refractivity contribution in [2.75, 3.05) is 20.1 Å². The fourth-order valence-electron chi connectivity index (χ4n) is 1.88. The zero-order valence-electron chi connectivity index (χ0n) is 12.5. The van der Waals surface area contributed by atoms with Crippen molar-refractivity contribution < 1.29 is 13.2 Å². The maximum Gasteiger partial charge on any atom is 0.255 e. The average molecular weight is 333 g/mol. The van der Waals surface area contributed by atoms with Crippen molar-refractivity contribution in [2.45, 2.75) is 31.6 Å². The van der Waals surface area contributed by atoms with Crippen molar-refractivity contribution >= 4 is 27.5 Å². The van der Waals surface area contributed by atoms with Gasteiger partial charge in [0.2, 0.25) is 10.0 Å². The summed E-state index contributed by atoms with van der Waals surface area (Å²) in [5, 5.41) is 0.255. The quantitative estimate of drug-likeness (QED) is 0.834. The number of nitrogens with zero attached hydrogens (tertiary/aromatic N) is 1. The number of hydrogen-bond donors (Lipinski definition) is 1. The number of nitrogens with one attached hydrogen (secondary N) is 1. The minimum Gasteiger partial charge on any atom is -0.339 e. The topological polar surface area (TPSA) is 66.5 Å². The maximum absolute atomic E-state index is 12.5. The van der Waals surface area contributed by atoms with Gasteiger partial charge in [-0.05, 0) is 38.6 Å². The number of benzene rings is 1. The van der Waals surface area contributed by atoms with E-state index >= 15 is 0 Å². The van der Waals surface area contributed by atoms with Crippen molar-refractivity contribution in [1.82, 2.24) is 9.62 Å². The van der Waals surface area contributed by atoms with Crippen LogP contribution in [-0.4, -0.2) is 39.4 Å². The third kappa shape index (κ3) is 4.43. The fraction of sp³-hybridized carbons (Fsp3) is 0.500. The van der Waals surface area contributed by atoms with Crippen LogP contribution in [0.5, 0.6) is 0 Å². The third-order valence-corrected chi connectivity index (χ3v) is 4.94. The molecule has 1 aromatic carbocycles.